The Morgan fingerprint density at radius 2 is 1.69 bits per heavy atom. The van der Waals surface area contributed by atoms with Gasteiger partial charge in [-0.15, -0.1) is 0 Å². The second-order valence-electron chi connectivity index (χ2n) is 7.66. The largest absolute Gasteiger partial charge is 0.364 e. The summed E-state index contributed by atoms with van der Waals surface area (Å²) in [5, 5.41) is 15.1. The molecule has 1 fully saturated rings. The van der Waals surface area contributed by atoms with Gasteiger partial charge in [0.2, 0.25) is 11.6 Å². The summed E-state index contributed by atoms with van der Waals surface area (Å²) in [6.07, 6.45) is 4.92. The van der Waals surface area contributed by atoms with Gasteiger partial charge < -0.3 is 15.1 Å². The zero-order valence-corrected chi connectivity index (χ0v) is 18.1. The van der Waals surface area contributed by atoms with E-state index in [0.29, 0.717) is 38.5 Å². The summed E-state index contributed by atoms with van der Waals surface area (Å²) in [5.41, 5.74) is 2.40. The Balaban J connectivity index is 1.43. The van der Waals surface area contributed by atoms with Crippen LogP contribution in [0, 0.1) is 10.1 Å². The molecule has 0 radical (unpaired) electrons. The molecule has 1 aliphatic heterocycles. The van der Waals surface area contributed by atoms with E-state index in [1.165, 1.54) is 17.5 Å². The second kappa shape index (κ2) is 10.0. The van der Waals surface area contributed by atoms with Crippen molar-refractivity contribution >= 4 is 23.1 Å². The van der Waals surface area contributed by atoms with E-state index in [1.807, 2.05) is 23.1 Å². The minimum absolute atomic E-state index is 0.0693. The first-order chi connectivity index (χ1) is 15.7. The molecule has 1 N–H and O–H groups in total. The van der Waals surface area contributed by atoms with Crippen LogP contribution >= 0.6 is 0 Å². The lowest BCUT2D eigenvalue weighted by Gasteiger charge is -2.35. The van der Waals surface area contributed by atoms with Crippen LogP contribution in [0.2, 0.25) is 0 Å². The molecule has 166 valence electrons. The maximum absolute atomic E-state index is 11.9. The standard InChI is InChI=1S/C23H27N7O2/c1-2-18-6-8-19(9-7-18)10-12-25-22-21(30(31)32)23(27-17-26-22)29-15-13-28(14-16-29)20-5-3-4-11-24-20/h3-9,11,17H,2,10,12-16H2,1H3,(H,25,26,27). The third-order valence-electron chi connectivity index (χ3n) is 5.68. The van der Waals surface area contributed by atoms with Crippen LogP contribution in [0.25, 0.3) is 0 Å². The summed E-state index contributed by atoms with van der Waals surface area (Å²) in [6, 6.07) is 14.2. The molecule has 9 nitrogen and oxygen atoms in total. The van der Waals surface area contributed by atoms with Crippen LogP contribution in [0.15, 0.2) is 55.0 Å². The van der Waals surface area contributed by atoms with Crippen molar-refractivity contribution in [1.29, 1.82) is 0 Å². The monoisotopic (exact) mass is 433 g/mol. The van der Waals surface area contributed by atoms with E-state index < -0.39 is 4.92 Å². The van der Waals surface area contributed by atoms with Crippen LogP contribution < -0.4 is 15.1 Å². The van der Waals surface area contributed by atoms with Crippen molar-refractivity contribution in [1.82, 2.24) is 15.0 Å². The number of hydrogen-bond donors (Lipinski definition) is 1. The number of aryl methyl sites for hydroxylation is 1. The Hall–Kier alpha value is -3.75. The molecule has 0 unspecified atom stereocenters. The lowest BCUT2D eigenvalue weighted by molar-refractivity contribution is -0.383. The summed E-state index contributed by atoms with van der Waals surface area (Å²) in [4.78, 5) is 28.5. The zero-order chi connectivity index (χ0) is 22.3. The van der Waals surface area contributed by atoms with Crippen molar-refractivity contribution in [3.63, 3.8) is 0 Å². The number of pyridine rings is 1. The number of aromatic nitrogens is 3. The molecule has 3 aromatic rings. The molecule has 1 aliphatic rings. The van der Waals surface area contributed by atoms with Gasteiger partial charge in [0.15, 0.2) is 0 Å². The molecule has 9 heteroatoms. The van der Waals surface area contributed by atoms with Gasteiger partial charge in [-0.05, 0) is 36.1 Å². The van der Waals surface area contributed by atoms with E-state index in [9.17, 15) is 10.1 Å². The molecule has 0 aliphatic carbocycles. The quantitative estimate of drug-likeness (QED) is 0.427. The van der Waals surface area contributed by atoms with Crippen LogP contribution in [-0.4, -0.2) is 52.6 Å². The Labute approximate surface area is 187 Å². The van der Waals surface area contributed by atoms with E-state index >= 15 is 0 Å². The molecular weight excluding hydrogens is 406 g/mol. The highest BCUT2D eigenvalue weighted by molar-refractivity contribution is 5.70. The maximum Gasteiger partial charge on any atom is 0.353 e. The lowest BCUT2D eigenvalue weighted by atomic mass is 10.1. The number of hydrogen-bond acceptors (Lipinski definition) is 8. The van der Waals surface area contributed by atoms with Gasteiger partial charge in [-0.3, -0.25) is 10.1 Å². The SMILES string of the molecule is CCc1ccc(CCNc2ncnc(N3CCN(c4ccccn4)CC3)c2[N+](=O)[O-])cc1. The van der Waals surface area contributed by atoms with E-state index in [2.05, 4.69) is 56.4 Å². The molecule has 0 spiro atoms. The molecule has 4 rings (SSSR count). The zero-order valence-electron chi connectivity index (χ0n) is 18.1. The van der Waals surface area contributed by atoms with Gasteiger partial charge in [0.05, 0.1) is 4.92 Å². The van der Waals surface area contributed by atoms with Gasteiger partial charge >= 0.3 is 5.69 Å². The van der Waals surface area contributed by atoms with Gasteiger partial charge in [-0.2, -0.15) is 0 Å². The van der Waals surface area contributed by atoms with E-state index in [1.54, 1.807) is 6.20 Å². The van der Waals surface area contributed by atoms with Crippen LogP contribution in [0.5, 0.6) is 0 Å². The highest BCUT2D eigenvalue weighted by Gasteiger charge is 2.29. The van der Waals surface area contributed by atoms with Crippen molar-refractivity contribution in [3.05, 3.63) is 76.2 Å². The minimum atomic E-state index is -0.390. The molecule has 0 atom stereocenters. The third-order valence-corrected chi connectivity index (χ3v) is 5.68. The molecular formula is C23H27N7O2. The molecule has 0 bridgehead atoms. The number of nitrogens with one attached hydrogen (secondary N) is 1. The Morgan fingerprint density at radius 1 is 0.969 bits per heavy atom. The molecule has 32 heavy (non-hydrogen) atoms. The molecule has 1 aromatic carbocycles. The van der Waals surface area contributed by atoms with E-state index in [0.717, 1.165) is 18.7 Å². The number of nitro groups is 1. The predicted molar refractivity (Wildman–Crippen MR) is 125 cm³/mol. The van der Waals surface area contributed by atoms with Gasteiger partial charge in [0.1, 0.15) is 12.1 Å². The maximum atomic E-state index is 11.9. The second-order valence-corrected chi connectivity index (χ2v) is 7.66. The minimum Gasteiger partial charge on any atom is -0.364 e. The highest BCUT2D eigenvalue weighted by atomic mass is 16.6. The van der Waals surface area contributed by atoms with Crippen molar-refractivity contribution in [2.24, 2.45) is 0 Å². The third kappa shape index (κ3) is 4.93. The first-order valence-electron chi connectivity index (χ1n) is 10.9. The predicted octanol–water partition coefficient (Wildman–Crippen LogP) is 3.32. The van der Waals surface area contributed by atoms with Crippen molar-refractivity contribution in [3.8, 4) is 0 Å². The Morgan fingerprint density at radius 3 is 2.34 bits per heavy atom. The summed E-state index contributed by atoms with van der Waals surface area (Å²) >= 11 is 0. The van der Waals surface area contributed by atoms with Crippen LogP contribution in [0.1, 0.15) is 18.1 Å². The molecule has 3 heterocycles. The highest BCUT2D eigenvalue weighted by Crippen LogP contribution is 2.32. The summed E-state index contributed by atoms with van der Waals surface area (Å²) in [5.74, 6) is 1.54. The van der Waals surface area contributed by atoms with Crippen LogP contribution in [0.3, 0.4) is 0 Å². The van der Waals surface area contributed by atoms with Gasteiger partial charge in [-0.1, -0.05) is 37.3 Å². The summed E-state index contributed by atoms with van der Waals surface area (Å²) < 4.78 is 0. The molecule has 0 saturated carbocycles. The van der Waals surface area contributed by atoms with Crippen molar-refractivity contribution in [2.45, 2.75) is 19.8 Å². The van der Waals surface area contributed by atoms with Gasteiger partial charge in [0, 0.05) is 38.9 Å². The number of anilines is 3. The average Bonchev–Trinajstić information content (AvgIpc) is 2.85. The average molecular weight is 434 g/mol. The first kappa shape index (κ1) is 21.5. The topological polar surface area (TPSA) is 100 Å². The number of piperazine rings is 1. The van der Waals surface area contributed by atoms with Crippen molar-refractivity contribution in [2.75, 3.05) is 47.8 Å². The smallest absolute Gasteiger partial charge is 0.353 e. The Bertz CT molecular complexity index is 1040. The van der Waals surface area contributed by atoms with E-state index in [-0.39, 0.29) is 11.5 Å². The number of nitrogens with zero attached hydrogens (tertiary/aromatic N) is 6. The number of benzene rings is 1. The van der Waals surface area contributed by atoms with E-state index in [4.69, 9.17) is 0 Å². The fourth-order valence-electron chi connectivity index (χ4n) is 3.85. The first-order valence-corrected chi connectivity index (χ1v) is 10.9. The van der Waals surface area contributed by atoms with Crippen molar-refractivity contribution < 1.29 is 4.92 Å². The van der Waals surface area contributed by atoms with Crippen LogP contribution in [-0.2, 0) is 12.8 Å². The fraction of sp³-hybridized carbons (Fsp3) is 0.348. The normalized spacial score (nSPS) is 13.8. The van der Waals surface area contributed by atoms with Crippen LogP contribution in [0.4, 0.5) is 23.1 Å². The molecule has 0 amide bonds. The molecule has 2 aromatic heterocycles. The lowest BCUT2D eigenvalue weighted by Crippen LogP contribution is -2.47. The fourth-order valence-corrected chi connectivity index (χ4v) is 3.85. The summed E-state index contributed by atoms with van der Waals surface area (Å²) in [7, 11) is 0. The van der Waals surface area contributed by atoms with Gasteiger partial charge in [0.25, 0.3) is 0 Å². The Kier molecular flexibility index (Phi) is 6.74. The van der Waals surface area contributed by atoms with Gasteiger partial charge in [-0.25, -0.2) is 15.0 Å². The molecule has 1 saturated heterocycles. The summed E-state index contributed by atoms with van der Waals surface area (Å²) in [6.45, 7) is 5.36. The number of rotatable bonds is 8.